The minimum atomic E-state index is -0.941. The van der Waals surface area contributed by atoms with Crippen LogP contribution >= 0.6 is 11.8 Å². The Hall–Kier alpha value is -2.80. The number of aliphatic carboxylic acids is 1. The number of carbonyl (C=O) groups excluding carboxylic acids is 2. The highest BCUT2D eigenvalue weighted by molar-refractivity contribution is 8.00. The molecule has 2 aromatic carbocycles. The van der Waals surface area contributed by atoms with Gasteiger partial charge in [0.1, 0.15) is 5.25 Å². The van der Waals surface area contributed by atoms with E-state index >= 15 is 0 Å². The number of carbonyl (C=O) groups is 3. The minimum Gasteiger partial charge on any atom is -0.480 e. The Morgan fingerprint density at radius 2 is 1.56 bits per heavy atom. The lowest BCUT2D eigenvalue weighted by atomic mass is 10.2. The third-order valence-corrected chi connectivity index (χ3v) is 4.86. The zero-order valence-electron chi connectivity index (χ0n) is 15.4. The van der Waals surface area contributed by atoms with Gasteiger partial charge in [0.2, 0.25) is 5.91 Å². The fourth-order valence-corrected chi connectivity index (χ4v) is 3.08. The van der Waals surface area contributed by atoms with Crippen molar-refractivity contribution in [3.05, 3.63) is 54.1 Å². The normalized spacial score (nSPS) is 11.7. The second-order valence-electron chi connectivity index (χ2n) is 6.27. The molecule has 2 amide bonds. The standard InChI is InChI=1S/C20H22N2O4S/c1-12(2)18(23)21-14-7-6-8-15(11-14)22-19(24)16-9-4-5-10-17(16)27-13(3)20(25)26/h4-13H,1-3H3,(H,21,23)(H,22,24)(H,25,26). The van der Waals surface area contributed by atoms with Gasteiger partial charge in [-0.05, 0) is 37.3 Å². The van der Waals surface area contributed by atoms with E-state index in [1.54, 1.807) is 69.3 Å². The van der Waals surface area contributed by atoms with Gasteiger partial charge in [-0.2, -0.15) is 0 Å². The van der Waals surface area contributed by atoms with Crippen molar-refractivity contribution in [2.75, 3.05) is 10.6 Å². The largest absolute Gasteiger partial charge is 0.480 e. The van der Waals surface area contributed by atoms with Gasteiger partial charge in [-0.25, -0.2) is 0 Å². The molecule has 2 rings (SSSR count). The molecule has 3 N–H and O–H groups in total. The van der Waals surface area contributed by atoms with Crippen molar-refractivity contribution in [2.24, 2.45) is 5.92 Å². The molecule has 1 unspecified atom stereocenters. The molecule has 6 nitrogen and oxygen atoms in total. The lowest BCUT2D eigenvalue weighted by Gasteiger charge is -2.13. The highest BCUT2D eigenvalue weighted by atomic mass is 32.2. The Bertz CT molecular complexity index is 851. The summed E-state index contributed by atoms with van der Waals surface area (Å²) in [5.74, 6) is -1.54. The van der Waals surface area contributed by atoms with E-state index in [0.29, 0.717) is 21.8 Å². The predicted octanol–water partition coefficient (Wildman–Crippen LogP) is 4.10. The minimum absolute atomic E-state index is 0.108. The lowest BCUT2D eigenvalue weighted by Crippen LogP contribution is -2.18. The number of benzene rings is 2. The van der Waals surface area contributed by atoms with Gasteiger partial charge in [-0.15, -0.1) is 11.8 Å². The van der Waals surface area contributed by atoms with Crippen molar-refractivity contribution in [3.8, 4) is 0 Å². The second kappa shape index (κ2) is 9.23. The van der Waals surface area contributed by atoms with Gasteiger partial charge in [0.15, 0.2) is 0 Å². The van der Waals surface area contributed by atoms with E-state index in [9.17, 15) is 14.4 Å². The number of thioether (sulfide) groups is 1. The third kappa shape index (κ3) is 5.86. The van der Waals surface area contributed by atoms with E-state index in [1.165, 1.54) is 0 Å². The van der Waals surface area contributed by atoms with Crippen LogP contribution in [0.2, 0.25) is 0 Å². The van der Waals surface area contributed by atoms with Crippen molar-refractivity contribution in [1.29, 1.82) is 0 Å². The molecule has 0 saturated carbocycles. The average Bonchev–Trinajstić information content (AvgIpc) is 2.62. The SMILES string of the molecule is CC(C)C(=O)Nc1cccc(NC(=O)c2ccccc2SC(C)C(=O)O)c1. The Morgan fingerprint density at radius 1 is 0.926 bits per heavy atom. The molecule has 1 atom stereocenters. The summed E-state index contributed by atoms with van der Waals surface area (Å²) < 4.78 is 0. The molecular formula is C20H22N2O4S. The molecule has 0 saturated heterocycles. The van der Waals surface area contributed by atoms with Gasteiger partial charge >= 0.3 is 5.97 Å². The summed E-state index contributed by atoms with van der Waals surface area (Å²) in [7, 11) is 0. The Labute approximate surface area is 162 Å². The fourth-order valence-electron chi connectivity index (χ4n) is 2.16. The number of nitrogens with one attached hydrogen (secondary N) is 2. The van der Waals surface area contributed by atoms with Gasteiger partial charge in [-0.1, -0.05) is 32.0 Å². The zero-order valence-corrected chi connectivity index (χ0v) is 16.2. The van der Waals surface area contributed by atoms with Crippen molar-refractivity contribution in [3.63, 3.8) is 0 Å². The number of carboxylic acids is 1. The van der Waals surface area contributed by atoms with Crippen LogP contribution in [0, 0.1) is 5.92 Å². The first-order valence-corrected chi connectivity index (χ1v) is 9.36. The summed E-state index contributed by atoms with van der Waals surface area (Å²) in [6.45, 7) is 5.17. The lowest BCUT2D eigenvalue weighted by molar-refractivity contribution is -0.136. The smallest absolute Gasteiger partial charge is 0.316 e. The first kappa shape index (κ1) is 20.5. The van der Waals surface area contributed by atoms with E-state index in [-0.39, 0.29) is 17.7 Å². The molecule has 0 spiro atoms. The molecule has 27 heavy (non-hydrogen) atoms. The number of amides is 2. The van der Waals surface area contributed by atoms with E-state index in [1.807, 2.05) is 0 Å². The Kier molecular flexibility index (Phi) is 7.01. The summed E-state index contributed by atoms with van der Waals surface area (Å²) in [4.78, 5) is 36.2. The number of hydrogen-bond donors (Lipinski definition) is 3. The van der Waals surface area contributed by atoms with Crippen LogP contribution in [-0.4, -0.2) is 28.1 Å². The van der Waals surface area contributed by atoms with Crippen molar-refractivity contribution < 1.29 is 19.5 Å². The van der Waals surface area contributed by atoms with Crippen LogP contribution in [0.4, 0.5) is 11.4 Å². The highest BCUT2D eigenvalue weighted by Crippen LogP contribution is 2.28. The van der Waals surface area contributed by atoms with Gasteiger partial charge in [0.25, 0.3) is 5.91 Å². The topological polar surface area (TPSA) is 95.5 Å². The molecule has 0 radical (unpaired) electrons. The molecule has 0 bridgehead atoms. The molecular weight excluding hydrogens is 364 g/mol. The van der Waals surface area contributed by atoms with Crippen molar-refractivity contribution in [1.82, 2.24) is 0 Å². The molecule has 0 aliphatic heterocycles. The molecule has 0 aromatic heterocycles. The monoisotopic (exact) mass is 386 g/mol. The molecule has 0 aliphatic rings. The van der Waals surface area contributed by atoms with Crippen LogP contribution in [0.25, 0.3) is 0 Å². The fraction of sp³-hybridized carbons (Fsp3) is 0.250. The van der Waals surface area contributed by atoms with Crippen LogP contribution in [0.3, 0.4) is 0 Å². The maximum Gasteiger partial charge on any atom is 0.316 e. The van der Waals surface area contributed by atoms with Crippen LogP contribution in [-0.2, 0) is 9.59 Å². The van der Waals surface area contributed by atoms with Crippen LogP contribution < -0.4 is 10.6 Å². The van der Waals surface area contributed by atoms with Crippen molar-refractivity contribution in [2.45, 2.75) is 30.9 Å². The van der Waals surface area contributed by atoms with E-state index < -0.39 is 11.2 Å². The third-order valence-electron chi connectivity index (χ3n) is 3.70. The summed E-state index contributed by atoms with van der Waals surface area (Å²) in [6.07, 6.45) is 0. The zero-order chi connectivity index (χ0) is 20.0. The van der Waals surface area contributed by atoms with Crippen molar-refractivity contribution >= 4 is 40.9 Å². The first-order chi connectivity index (χ1) is 12.8. The van der Waals surface area contributed by atoms with Gasteiger partial charge in [-0.3, -0.25) is 14.4 Å². The van der Waals surface area contributed by atoms with Crippen LogP contribution in [0.15, 0.2) is 53.4 Å². The van der Waals surface area contributed by atoms with E-state index in [0.717, 1.165) is 11.8 Å². The molecule has 0 aliphatic carbocycles. The Balaban J connectivity index is 2.16. The average molecular weight is 386 g/mol. The molecule has 142 valence electrons. The highest BCUT2D eigenvalue weighted by Gasteiger charge is 2.18. The second-order valence-corrected chi connectivity index (χ2v) is 7.66. The molecule has 7 heteroatoms. The maximum absolute atomic E-state index is 12.7. The summed E-state index contributed by atoms with van der Waals surface area (Å²) in [5.41, 5.74) is 1.52. The summed E-state index contributed by atoms with van der Waals surface area (Å²) in [6, 6.07) is 13.7. The maximum atomic E-state index is 12.7. The van der Waals surface area contributed by atoms with E-state index in [4.69, 9.17) is 5.11 Å². The number of carboxylic acid groups (broad SMARTS) is 1. The molecule has 2 aromatic rings. The number of hydrogen-bond acceptors (Lipinski definition) is 4. The van der Waals surface area contributed by atoms with Crippen LogP contribution in [0.1, 0.15) is 31.1 Å². The molecule has 0 heterocycles. The number of rotatable bonds is 7. The van der Waals surface area contributed by atoms with Gasteiger partial charge in [0.05, 0.1) is 5.56 Å². The van der Waals surface area contributed by atoms with Crippen LogP contribution in [0.5, 0.6) is 0 Å². The van der Waals surface area contributed by atoms with E-state index in [2.05, 4.69) is 10.6 Å². The number of anilines is 2. The van der Waals surface area contributed by atoms with Gasteiger partial charge < -0.3 is 15.7 Å². The predicted molar refractivity (Wildman–Crippen MR) is 107 cm³/mol. The Morgan fingerprint density at radius 3 is 2.19 bits per heavy atom. The summed E-state index contributed by atoms with van der Waals surface area (Å²) in [5, 5.41) is 14.0. The first-order valence-electron chi connectivity index (χ1n) is 8.48. The summed E-state index contributed by atoms with van der Waals surface area (Å²) >= 11 is 1.11. The van der Waals surface area contributed by atoms with Gasteiger partial charge in [0, 0.05) is 22.2 Å². The quantitative estimate of drug-likeness (QED) is 0.623. The molecule has 0 fully saturated rings.